The molecule has 5 nitrogen and oxygen atoms in total. The summed E-state index contributed by atoms with van der Waals surface area (Å²) in [6, 6.07) is 16.6. The highest BCUT2D eigenvalue weighted by molar-refractivity contribution is 6.31. The minimum absolute atomic E-state index is 0.0890. The zero-order valence-corrected chi connectivity index (χ0v) is 20.9. The van der Waals surface area contributed by atoms with Crippen LogP contribution in [0.4, 0.5) is 14.5 Å². The van der Waals surface area contributed by atoms with Crippen LogP contribution in [0.25, 0.3) is 0 Å². The minimum atomic E-state index is -0.798. The monoisotopic (exact) mass is 509 g/mol. The lowest BCUT2D eigenvalue weighted by molar-refractivity contribution is 0.0955. The SMILES string of the molecule is CCN1/C(=C\C=N\NC(=O)c2ccccc2)C(C)(Cc2c(F)ccc(F)c2Cl)c2cc(OC)ccc21. The lowest BCUT2D eigenvalue weighted by Gasteiger charge is -2.30. The van der Waals surface area contributed by atoms with Crippen LogP contribution in [0.2, 0.25) is 5.02 Å². The van der Waals surface area contributed by atoms with E-state index >= 15 is 0 Å². The van der Waals surface area contributed by atoms with Crippen LogP contribution in [0.3, 0.4) is 0 Å². The Labute approximate surface area is 214 Å². The number of halogens is 3. The highest BCUT2D eigenvalue weighted by Crippen LogP contribution is 2.51. The summed E-state index contributed by atoms with van der Waals surface area (Å²) in [7, 11) is 1.58. The molecule has 1 heterocycles. The number of ether oxygens (including phenoxy) is 1. The molecular formula is C28H26ClF2N3O2. The van der Waals surface area contributed by atoms with E-state index in [0.717, 1.165) is 29.1 Å². The maximum atomic E-state index is 14.9. The van der Waals surface area contributed by atoms with Gasteiger partial charge in [-0.05, 0) is 74.4 Å². The van der Waals surface area contributed by atoms with Crippen molar-refractivity contribution in [1.82, 2.24) is 5.43 Å². The number of carbonyl (C=O) groups is 1. The number of fused-ring (bicyclic) bond motifs is 1. The molecule has 8 heteroatoms. The Morgan fingerprint density at radius 3 is 2.56 bits per heavy atom. The van der Waals surface area contributed by atoms with Crippen molar-refractivity contribution in [2.24, 2.45) is 5.10 Å². The number of nitrogens with zero attached hydrogens (tertiary/aromatic N) is 2. The summed E-state index contributed by atoms with van der Waals surface area (Å²) in [5, 5.41) is 3.85. The predicted octanol–water partition coefficient (Wildman–Crippen LogP) is 6.27. The second-order valence-corrected chi connectivity index (χ2v) is 8.97. The maximum absolute atomic E-state index is 14.9. The number of hydrogen-bond acceptors (Lipinski definition) is 4. The number of benzene rings is 3. The van der Waals surface area contributed by atoms with E-state index in [9.17, 15) is 13.6 Å². The molecule has 36 heavy (non-hydrogen) atoms. The molecule has 1 unspecified atom stereocenters. The van der Waals surface area contributed by atoms with Crippen molar-refractivity contribution < 1.29 is 18.3 Å². The Morgan fingerprint density at radius 2 is 1.86 bits per heavy atom. The summed E-state index contributed by atoms with van der Waals surface area (Å²) < 4.78 is 34.6. The third-order valence-electron chi connectivity index (χ3n) is 6.44. The van der Waals surface area contributed by atoms with Gasteiger partial charge in [0.2, 0.25) is 0 Å². The second-order valence-electron chi connectivity index (χ2n) is 8.59. The Balaban J connectivity index is 1.75. The number of methoxy groups -OCH3 is 1. The second kappa shape index (κ2) is 10.5. The van der Waals surface area contributed by atoms with Gasteiger partial charge in [0.15, 0.2) is 0 Å². The van der Waals surface area contributed by atoms with E-state index in [-0.39, 0.29) is 22.9 Å². The van der Waals surface area contributed by atoms with Crippen LogP contribution in [0, 0.1) is 11.6 Å². The van der Waals surface area contributed by atoms with Crippen LogP contribution in [0.1, 0.15) is 35.3 Å². The van der Waals surface area contributed by atoms with Crippen LogP contribution >= 0.6 is 11.6 Å². The van der Waals surface area contributed by atoms with Crippen LogP contribution < -0.4 is 15.1 Å². The van der Waals surface area contributed by atoms with Gasteiger partial charge in [0.05, 0.1) is 12.1 Å². The summed E-state index contributed by atoms with van der Waals surface area (Å²) in [5.41, 5.74) is 4.89. The first-order valence-electron chi connectivity index (χ1n) is 11.5. The zero-order valence-electron chi connectivity index (χ0n) is 20.2. The molecule has 1 aliphatic rings. The number of likely N-dealkylation sites (N-methyl/N-ethyl adjacent to an activating group) is 1. The van der Waals surface area contributed by atoms with Gasteiger partial charge in [-0.2, -0.15) is 5.10 Å². The van der Waals surface area contributed by atoms with Gasteiger partial charge in [-0.3, -0.25) is 4.79 Å². The highest BCUT2D eigenvalue weighted by atomic mass is 35.5. The molecule has 1 amide bonds. The number of anilines is 1. The van der Waals surface area contributed by atoms with Gasteiger partial charge in [-0.15, -0.1) is 0 Å². The third kappa shape index (κ3) is 4.71. The molecule has 1 atom stereocenters. The Hall–Kier alpha value is -3.71. The molecule has 0 saturated heterocycles. The lowest BCUT2D eigenvalue weighted by Crippen LogP contribution is -2.31. The molecule has 0 saturated carbocycles. The number of carbonyl (C=O) groups excluding carboxylic acids is 1. The summed E-state index contributed by atoms with van der Waals surface area (Å²) in [5.74, 6) is -0.950. The first kappa shape index (κ1) is 25.4. The van der Waals surface area contributed by atoms with Gasteiger partial charge in [-0.25, -0.2) is 14.2 Å². The average Bonchev–Trinajstić information content (AvgIpc) is 3.13. The topological polar surface area (TPSA) is 53.9 Å². The van der Waals surface area contributed by atoms with Crippen LogP contribution in [0.15, 0.2) is 77.5 Å². The fourth-order valence-corrected chi connectivity index (χ4v) is 4.85. The average molecular weight is 510 g/mol. The Morgan fingerprint density at radius 1 is 1.14 bits per heavy atom. The normalized spacial score (nSPS) is 18.1. The van der Waals surface area contributed by atoms with Gasteiger partial charge in [0.1, 0.15) is 17.4 Å². The molecule has 0 spiro atoms. The number of rotatable bonds is 7. The number of hydrazone groups is 1. The van der Waals surface area contributed by atoms with E-state index in [1.165, 1.54) is 6.21 Å². The molecule has 0 radical (unpaired) electrons. The van der Waals surface area contributed by atoms with E-state index in [1.54, 1.807) is 37.5 Å². The van der Waals surface area contributed by atoms with Gasteiger partial charge in [-0.1, -0.05) is 29.8 Å². The smallest absolute Gasteiger partial charge is 0.271 e. The first-order chi connectivity index (χ1) is 17.3. The quantitative estimate of drug-likeness (QED) is 0.232. The molecular weight excluding hydrogens is 484 g/mol. The number of hydrogen-bond donors (Lipinski definition) is 1. The van der Waals surface area contributed by atoms with Crippen molar-refractivity contribution in [1.29, 1.82) is 0 Å². The van der Waals surface area contributed by atoms with Crippen molar-refractivity contribution in [3.8, 4) is 5.75 Å². The lowest BCUT2D eigenvalue weighted by atomic mass is 9.76. The van der Waals surface area contributed by atoms with Gasteiger partial charge in [0, 0.05) is 40.7 Å². The molecule has 0 bridgehead atoms. The van der Waals surface area contributed by atoms with Crippen LogP contribution in [0.5, 0.6) is 5.75 Å². The van der Waals surface area contributed by atoms with Crippen LogP contribution in [-0.2, 0) is 11.8 Å². The van der Waals surface area contributed by atoms with E-state index in [0.29, 0.717) is 17.9 Å². The minimum Gasteiger partial charge on any atom is -0.497 e. The number of amides is 1. The molecule has 3 aromatic rings. The molecule has 3 aromatic carbocycles. The molecule has 0 aromatic heterocycles. The zero-order chi connectivity index (χ0) is 25.9. The summed E-state index contributed by atoms with van der Waals surface area (Å²) in [6.45, 7) is 4.56. The van der Waals surface area contributed by atoms with Crippen molar-refractivity contribution in [2.75, 3.05) is 18.6 Å². The van der Waals surface area contributed by atoms with E-state index in [1.807, 2.05) is 38.1 Å². The molecule has 4 rings (SSSR count). The Bertz CT molecular complexity index is 1340. The van der Waals surface area contributed by atoms with Crippen molar-refractivity contribution in [3.05, 3.63) is 106 Å². The highest BCUT2D eigenvalue weighted by Gasteiger charge is 2.44. The van der Waals surface area contributed by atoms with Crippen molar-refractivity contribution >= 4 is 29.4 Å². The van der Waals surface area contributed by atoms with Crippen molar-refractivity contribution in [2.45, 2.75) is 25.7 Å². The molecule has 0 fully saturated rings. The number of allylic oxidation sites excluding steroid dienone is 2. The summed E-state index contributed by atoms with van der Waals surface area (Å²) in [4.78, 5) is 14.4. The standard InChI is InChI=1S/C28H26ClF2N3O2/c1-4-34-24-13-10-19(36-3)16-21(24)28(2,17-20-22(30)11-12-23(31)26(20)29)25(34)14-15-32-33-27(35)18-8-6-5-7-9-18/h5-16H,4,17H2,1-3H3,(H,33,35)/b25-14-,32-15+. The molecule has 1 aliphatic heterocycles. The molecule has 1 N–H and O–H groups in total. The fraction of sp³-hybridized carbons (Fsp3) is 0.214. The molecule has 0 aliphatic carbocycles. The van der Waals surface area contributed by atoms with Gasteiger partial charge in [0.25, 0.3) is 5.91 Å². The van der Waals surface area contributed by atoms with Crippen molar-refractivity contribution in [3.63, 3.8) is 0 Å². The Kier molecular flexibility index (Phi) is 7.40. The van der Waals surface area contributed by atoms with E-state index in [2.05, 4.69) is 15.4 Å². The largest absolute Gasteiger partial charge is 0.497 e. The number of nitrogens with one attached hydrogen (secondary N) is 1. The maximum Gasteiger partial charge on any atom is 0.271 e. The third-order valence-corrected chi connectivity index (χ3v) is 6.85. The van der Waals surface area contributed by atoms with Gasteiger partial charge < -0.3 is 9.64 Å². The fourth-order valence-electron chi connectivity index (χ4n) is 4.63. The summed E-state index contributed by atoms with van der Waals surface area (Å²) in [6.07, 6.45) is 3.36. The first-order valence-corrected chi connectivity index (χ1v) is 11.9. The van der Waals surface area contributed by atoms with Gasteiger partial charge >= 0.3 is 0 Å². The van der Waals surface area contributed by atoms with E-state index in [4.69, 9.17) is 16.3 Å². The summed E-state index contributed by atoms with van der Waals surface area (Å²) >= 11 is 6.22. The van der Waals surface area contributed by atoms with E-state index < -0.39 is 17.0 Å². The predicted molar refractivity (Wildman–Crippen MR) is 139 cm³/mol. The molecule has 186 valence electrons. The van der Waals surface area contributed by atoms with Crippen LogP contribution in [-0.4, -0.2) is 25.8 Å².